The van der Waals surface area contributed by atoms with Gasteiger partial charge in [0.05, 0.1) is 11.5 Å². The van der Waals surface area contributed by atoms with Gasteiger partial charge < -0.3 is 0 Å². The molecule has 1 fully saturated rings. The molecule has 0 aliphatic carbocycles. The molecule has 0 aromatic heterocycles. The number of benzene rings is 2. The Morgan fingerprint density at radius 1 is 1.07 bits per heavy atom. The van der Waals surface area contributed by atoms with Crippen LogP contribution in [0.25, 0.3) is 11.1 Å². The van der Waals surface area contributed by atoms with Crippen molar-refractivity contribution in [2.24, 2.45) is 0 Å². The third-order valence-corrected chi connectivity index (χ3v) is 6.64. The van der Waals surface area contributed by atoms with Crippen molar-refractivity contribution >= 4 is 15.7 Å². The lowest BCUT2D eigenvalue weighted by Crippen LogP contribution is -2.59. The molecule has 0 atom stereocenters. The Labute approximate surface area is 157 Å². The summed E-state index contributed by atoms with van der Waals surface area (Å²) in [6, 6.07) is 13.7. The number of nitrogens with one attached hydrogen (secondary N) is 2. The minimum atomic E-state index is -3.16. The van der Waals surface area contributed by atoms with Gasteiger partial charge in [-0.2, -0.15) is 0 Å². The first kappa shape index (κ1) is 19.5. The second-order valence-corrected chi connectivity index (χ2v) is 9.01. The summed E-state index contributed by atoms with van der Waals surface area (Å²) in [5, 5.41) is 12.1. The maximum atomic E-state index is 13.9. The highest BCUT2D eigenvalue weighted by molar-refractivity contribution is 7.91. The monoisotopic (exact) mass is 392 g/mol. The smallest absolute Gasteiger partial charge is 0.263 e. The van der Waals surface area contributed by atoms with Gasteiger partial charge in [-0.15, -0.1) is 0 Å². The van der Waals surface area contributed by atoms with Crippen LogP contribution in [0.5, 0.6) is 0 Å². The molecular weight excluding hydrogens is 371 g/mol. The first-order chi connectivity index (χ1) is 12.9. The molecule has 2 aromatic rings. The normalized spacial score (nSPS) is 18.0. The summed E-state index contributed by atoms with van der Waals surface area (Å²) in [5.74, 6) is -1.16. The van der Waals surface area contributed by atoms with Gasteiger partial charge in [0.1, 0.15) is 21.2 Å². The second-order valence-electron chi connectivity index (χ2n) is 6.71. The van der Waals surface area contributed by atoms with Gasteiger partial charge in [0.15, 0.2) is 0 Å². The molecular formula is C19H21FN2O4S. The van der Waals surface area contributed by atoms with Crippen LogP contribution in [0.3, 0.4) is 0 Å². The predicted octanol–water partition coefficient (Wildman–Crippen LogP) is 2.04. The van der Waals surface area contributed by atoms with Gasteiger partial charge in [0.2, 0.25) is 0 Å². The van der Waals surface area contributed by atoms with Crippen molar-refractivity contribution in [2.75, 3.05) is 11.5 Å². The fraction of sp³-hybridized carbons (Fsp3) is 0.316. The Morgan fingerprint density at radius 2 is 1.70 bits per heavy atom. The number of carbonyl (C=O) groups is 1. The van der Waals surface area contributed by atoms with Crippen LogP contribution in [0.15, 0.2) is 48.5 Å². The molecule has 144 valence electrons. The average molecular weight is 392 g/mol. The van der Waals surface area contributed by atoms with Crippen LogP contribution in [-0.2, 0) is 21.2 Å². The van der Waals surface area contributed by atoms with Crippen LogP contribution in [0.2, 0.25) is 0 Å². The fourth-order valence-electron chi connectivity index (χ4n) is 3.25. The molecule has 3 rings (SSSR count). The minimum absolute atomic E-state index is 0.0923. The van der Waals surface area contributed by atoms with Gasteiger partial charge in [-0.3, -0.25) is 15.3 Å². The molecule has 1 amide bonds. The number of hydroxylamine groups is 1. The zero-order chi connectivity index (χ0) is 19.5. The van der Waals surface area contributed by atoms with E-state index < -0.39 is 21.3 Å². The van der Waals surface area contributed by atoms with E-state index in [1.54, 1.807) is 35.8 Å². The van der Waals surface area contributed by atoms with Crippen molar-refractivity contribution in [3.63, 3.8) is 0 Å². The average Bonchev–Trinajstić information content (AvgIpc) is 2.68. The topological polar surface area (TPSA) is 95.5 Å². The molecule has 0 unspecified atom stereocenters. The van der Waals surface area contributed by atoms with Crippen LogP contribution in [0.1, 0.15) is 18.4 Å². The standard InChI is InChI=1S/C19H21FN2O4S/c20-17-4-2-1-3-16(17)15-7-5-14(6-8-15)13-21-19(18(23)22-24)9-11-27(25,26)12-10-19/h1-8,21,24H,9-13H2,(H,22,23). The fourth-order valence-corrected chi connectivity index (χ4v) is 4.77. The van der Waals surface area contributed by atoms with Crippen LogP contribution in [0.4, 0.5) is 4.39 Å². The molecule has 3 N–H and O–H groups in total. The molecule has 2 aromatic carbocycles. The summed E-state index contributed by atoms with van der Waals surface area (Å²) in [5.41, 5.74) is 2.60. The third-order valence-electron chi connectivity index (χ3n) is 4.99. The van der Waals surface area contributed by atoms with Crippen LogP contribution in [0, 0.1) is 5.82 Å². The van der Waals surface area contributed by atoms with Crippen molar-refractivity contribution < 1.29 is 22.8 Å². The SMILES string of the molecule is O=C(NO)C1(NCc2ccc(-c3ccccc3F)cc2)CCS(=O)(=O)CC1. The lowest BCUT2D eigenvalue weighted by atomic mass is 9.91. The number of sulfone groups is 1. The van der Waals surface area contributed by atoms with Gasteiger partial charge in [-0.1, -0.05) is 42.5 Å². The lowest BCUT2D eigenvalue weighted by Gasteiger charge is -2.35. The first-order valence-electron chi connectivity index (χ1n) is 8.59. The molecule has 1 heterocycles. The molecule has 27 heavy (non-hydrogen) atoms. The second kappa shape index (κ2) is 7.75. The molecule has 0 radical (unpaired) electrons. The van der Waals surface area contributed by atoms with Crippen LogP contribution < -0.4 is 10.8 Å². The Kier molecular flexibility index (Phi) is 5.59. The first-order valence-corrected chi connectivity index (χ1v) is 10.4. The summed E-state index contributed by atoms with van der Waals surface area (Å²) in [7, 11) is -3.16. The van der Waals surface area contributed by atoms with E-state index >= 15 is 0 Å². The van der Waals surface area contributed by atoms with Crippen molar-refractivity contribution in [2.45, 2.75) is 24.9 Å². The van der Waals surface area contributed by atoms with E-state index in [0.29, 0.717) is 12.1 Å². The number of rotatable bonds is 5. The number of hydrogen-bond donors (Lipinski definition) is 3. The number of halogens is 1. The predicted molar refractivity (Wildman–Crippen MR) is 99.2 cm³/mol. The Bertz CT molecular complexity index is 915. The van der Waals surface area contributed by atoms with Gasteiger partial charge in [0, 0.05) is 12.1 Å². The molecule has 6 nitrogen and oxygen atoms in total. The molecule has 0 saturated carbocycles. The Hall–Kier alpha value is -2.29. The van der Waals surface area contributed by atoms with Crippen molar-refractivity contribution in [3.8, 4) is 11.1 Å². The summed E-state index contributed by atoms with van der Waals surface area (Å²) in [4.78, 5) is 12.1. The lowest BCUT2D eigenvalue weighted by molar-refractivity contribution is -0.136. The zero-order valence-electron chi connectivity index (χ0n) is 14.6. The van der Waals surface area contributed by atoms with Gasteiger partial charge in [0.25, 0.3) is 5.91 Å². The van der Waals surface area contributed by atoms with E-state index in [1.165, 1.54) is 6.07 Å². The van der Waals surface area contributed by atoms with Crippen molar-refractivity contribution in [1.29, 1.82) is 0 Å². The number of carbonyl (C=O) groups excluding carboxylic acids is 1. The molecule has 1 aliphatic rings. The molecule has 0 spiro atoms. The quantitative estimate of drug-likeness (QED) is 0.535. The van der Waals surface area contributed by atoms with E-state index in [-0.39, 0.29) is 30.2 Å². The summed E-state index contributed by atoms with van der Waals surface area (Å²) in [6.07, 6.45) is 0.185. The molecule has 0 bridgehead atoms. The van der Waals surface area contributed by atoms with E-state index in [1.807, 2.05) is 12.1 Å². The van der Waals surface area contributed by atoms with E-state index in [4.69, 9.17) is 5.21 Å². The maximum Gasteiger partial charge on any atom is 0.263 e. The minimum Gasteiger partial charge on any atom is -0.299 e. The zero-order valence-corrected chi connectivity index (χ0v) is 15.4. The van der Waals surface area contributed by atoms with Crippen molar-refractivity contribution in [1.82, 2.24) is 10.8 Å². The van der Waals surface area contributed by atoms with E-state index in [9.17, 15) is 17.6 Å². The molecule has 8 heteroatoms. The maximum absolute atomic E-state index is 13.9. The van der Waals surface area contributed by atoms with Crippen LogP contribution >= 0.6 is 0 Å². The highest BCUT2D eigenvalue weighted by atomic mass is 32.2. The van der Waals surface area contributed by atoms with E-state index in [2.05, 4.69) is 5.32 Å². The summed E-state index contributed by atoms with van der Waals surface area (Å²) in [6.45, 7) is 0.311. The highest BCUT2D eigenvalue weighted by Crippen LogP contribution is 2.26. The molecule has 1 saturated heterocycles. The van der Waals surface area contributed by atoms with Crippen LogP contribution in [-0.4, -0.2) is 36.6 Å². The number of amides is 1. The largest absolute Gasteiger partial charge is 0.299 e. The molecule has 1 aliphatic heterocycles. The van der Waals surface area contributed by atoms with Gasteiger partial charge in [-0.25, -0.2) is 18.3 Å². The summed E-state index contributed by atoms with van der Waals surface area (Å²) >= 11 is 0. The van der Waals surface area contributed by atoms with Gasteiger partial charge >= 0.3 is 0 Å². The van der Waals surface area contributed by atoms with E-state index in [0.717, 1.165) is 11.1 Å². The Balaban J connectivity index is 1.73. The third kappa shape index (κ3) is 4.35. The van der Waals surface area contributed by atoms with Crippen molar-refractivity contribution in [3.05, 3.63) is 59.9 Å². The highest BCUT2D eigenvalue weighted by Gasteiger charge is 2.43. The number of hydrogen-bond acceptors (Lipinski definition) is 5. The van der Waals surface area contributed by atoms with Gasteiger partial charge in [-0.05, 0) is 30.0 Å². The Morgan fingerprint density at radius 3 is 2.30 bits per heavy atom. The summed E-state index contributed by atoms with van der Waals surface area (Å²) < 4.78 is 37.2.